The van der Waals surface area contributed by atoms with Crippen molar-refractivity contribution in [2.24, 2.45) is 5.16 Å². The van der Waals surface area contributed by atoms with Crippen LogP contribution in [0.2, 0.25) is 0 Å². The van der Waals surface area contributed by atoms with Gasteiger partial charge in [0.25, 0.3) is 0 Å². The molecule has 0 saturated carbocycles. The summed E-state index contributed by atoms with van der Waals surface area (Å²) in [6, 6.07) is 7.17. The summed E-state index contributed by atoms with van der Waals surface area (Å²) in [4.78, 5) is 15.6. The van der Waals surface area contributed by atoms with Crippen LogP contribution in [0.4, 0.5) is 0 Å². The van der Waals surface area contributed by atoms with Crippen molar-refractivity contribution in [3.63, 3.8) is 0 Å². The van der Waals surface area contributed by atoms with Crippen LogP contribution in [0.5, 0.6) is 0 Å². The molecule has 86 valence electrons. The minimum Gasteiger partial charge on any atom is -0.481 e. The molecule has 5 heteroatoms. The predicted molar refractivity (Wildman–Crippen MR) is 65.0 cm³/mol. The summed E-state index contributed by atoms with van der Waals surface area (Å²) in [5.41, 5.74) is 1.42. The molecule has 0 aromatic heterocycles. The van der Waals surface area contributed by atoms with Crippen molar-refractivity contribution in [1.29, 1.82) is 0 Å². The number of carbonyl (C=O) groups is 1. The Morgan fingerprint density at radius 1 is 1.50 bits per heavy atom. The van der Waals surface area contributed by atoms with Gasteiger partial charge in [0.15, 0.2) is 4.62 Å². The van der Waals surface area contributed by atoms with E-state index >= 15 is 0 Å². The quantitative estimate of drug-likeness (QED) is 0.683. The number of carboxylic acid groups (broad SMARTS) is 1. The van der Waals surface area contributed by atoms with Crippen LogP contribution in [0.1, 0.15) is 24.0 Å². The third-order valence-corrected chi connectivity index (χ3v) is 2.76. The van der Waals surface area contributed by atoms with Gasteiger partial charge >= 0.3 is 5.97 Å². The summed E-state index contributed by atoms with van der Waals surface area (Å²) in [5, 5.41) is 12.7. The Morgan fingerprint density at radius 2 is 2.12 bits per heavy atom. The van der Waals surface area contributed by atoms with Crippen molar-refractivity contribution >= 4 is 26.5 Å². The molecule has 4 nitrogen and oxygen atoms in total. The maximum atomic E-state index is 10.9. The van der Waals surface area contributed by atoms with Gasteiger partial charge in [0.2, 0.25) is 0 Å². The van der Waals surface area contributed by atoms with Gasteiger partial charge in [-0.15, -0.1) is 0 Å². The highest BCUT2D eigenvalue weighted by Crippen LogP contribution is 2.22. The van der Waals surface area contributed by atoms with E-state index in [0.29, 0.717) is 10.2 Å². The molecule has 0 fully saturated rings. The Bertz CT molecular complexity index is 417. The number of benzene rings is 1. The first-order chi connectivity index (χ1) is 7.57. The van der Waals surface area contributed by atoms with Gasteiger partial charge in [-0.05, 0) is 28.4 Å². The molecule has 0 radical (unpaired) electrons. The number of aliphatic carboxylic acids is 1. The molecular weight excluding hydrogens is 274 g/mol. The van der Waals surface area contributed by atoms with Crippen LogP contribution in [-0.2, 0) is 9.63 Å². The first-order valence-corrected chi connectivity index (χ1v) is 5.46. The van der Waals surface area contributed by atoms with Crippen LogP contribution in [-0.4, -0.2) is 22.8 Å². The predicted octanol–water partition coefficient (Wildman–Crippen LogP) is 2.58. The normalized spacial score (nSPS) is 13.3. The smallest absolute Gasteiger partial charge is 0.310 e. The molecule has 1 rings (SSSR count). The third kappa shape index (κ3) is 2.82. The Balaban J connectivity index is 3.20. The molecule has 1 unspecified atom stereocenters. The molecule has 0 bridgehead atoms. The van der Waals surface area contributed by atoms with Crippen LogP contribution >= 0.6 is 15.9 Å². The van der Waals surface area contributed by atoms with Gasteiger partial charge in [-0.1, -0.05) is 29.4 Å². The highest BCUT2D eigenvalue weighted by molar-refractivity contribution is 9.18. The van der Waals surface area contributed by atoms with Crippen LogP contribution < -0.4 is 0 Å². The summed E-state index contributed by atoms with van der Waals surface area (Å²) in [7, 11) is 1.44. The highest BCUT2D eigenvalue weighted by Gasteiger charge is 2.18. The van der Waals surface area contributed by atoms with E-state index in [1.54, 1.807) is 25.1 Å². The van der Waals surface area contributed by atoms with Crippen molar-refractivity contribution in [3.8, 4) is 0 Å². The monoisotopic (exact) mass is 285 g/mol. The van der Waals surface area contributed by atoms with E-state index < -0.39 is 11.9 Å². The number of halogens is 1. The lowest BCUT2D eigenvalue weighted by molar-refractivity contribution is -0.138. The average molecular weight is 286 g/mol. The summed E-state index contributed by atoms with van der Waals surface area (Å²) < 4.78 is 0.485. The highest BCUT2D eigenvalue weighted by atomic mass is 79.9. The average Bonchev–Trinajstić information content (AvgIpc) is 2.28. The lowest BCUT2D eigenvalue weighted by atomic mass is 9.96. The second kappa shape index (κ2) is 5.65. The number of rotatable bonds is 4. The largest absolute Gasteiger partial charge is 0.481 e. The maximum absolute atomic E-state index is 10.9. The second-order valence-electron chi connectivity index (χ2n) is 3.21. The van der Waals surface area contributed by atoms with Crippen LogP contribution in [0.3, 0.4) is 0 Å². The SMILES string of the molecule is CO/N=C(/Br)c1ccccc1C(C)C(=O)O. The second-order valence-corrected chi connectivity index (χ2v) is 3.96. The number of carboxylic acids is 1. The molecular formula is C11H12BrNO3. The van der Waals surface area contributed by atoms with Crippen LogP contribution in [0.15, 0.2) is 29.4 Å². The van der Waals surface area contributed by atoms with Crippen molar-refractivity contribution in [1.82, 2.24) is 0 Å². The molecule has 0 heterocycles. The first kappa shape index (κ1) is 12.7. The zero-order valence-electron chi connectivity index (χ0n) is 8.98. The lowest BCUT2D eigenvalue weighted by Gasteiger charge is -2.11. The lowest BCUT2D eigenvalue weighted by Crippen LogP contribution is -2.11. The number of hydrogen-bond donors (Lipinski definition) is 1. The minimum atomic E-state index is -0.870. The standard InChI is InChI=1S/C11H12BrNO3/c1-7(11(14)15)8-5-3-4-6-9(8)10(12)13-16-2/h3-7H,1-2H3,(H,14,15)/b13-10+. The van der Waals surface area contributed by atoms with Gasteiger partial charge in [-0.3, -0.25) is 4.79 Å². The van der Waals surface area contributed by atoms with Crippen LogP contribution in [0, 0.1) is 0 Å². The Hall–Kier alpha value is -1.36. The molecule has 0 saturated heterocycles. The van der Waals surface area contributed by atoms with Crippen molar-refractivity contribution in [3.05, 3.63) is 35.4 Å². The molecule has 1 atom stereocenters. The van der Waals surface area contributed by atoms with Crippen molar-refractivity contribution in [2.75, 3.05) is 7.11 Å². The zero-order valence-corrected chi connectivity index (χ0v) is 10.6. The first-order valence-electron chi connectivity index (χ1n) is 4.66. The van der Waals surface area contributed by atoms with E-state index in [1.807, 2.05) is 6.07 Å². The molecule has 16 heavy (non-hydrogen) atoms. The Morgan fingerprint density at radius 3 is 2.69 bits per heavy atom. The molecule has 0 aliphatic heterocycles. The van der Waals surface area contributed by atoms with Crippen LogP contribution in [0.25, 0.3) is 0 Å². The van der Waals surface area contributed by atoms with E-state index in [9.17, 15) is 4.79 Å². The zero-order chi connectivity index (χ0) is 12.1. The van der Waals surface area contributed by atoms with Gasteiger partial charge < -0.3 is 9.94 Å². The van der Waals surface area contributed by atoms with E-state index in [2.05, 4.69) is 25.9 Å². The topological polar surface area (TPSA) is 58.9 Å². The van der Waals surface area contributed by atoms with Gasteiger partial charge in [0, 0.05) is 5.56 Å². The van der Waals surface area contributed by atoms with Crippen molar-refractivity contribution in [2.45, 2.75) is 12.8 Å². The molecule has 1 aromatic rings. The van der Waals surface area contributed by atoms with Gasteiger partial charge in [0.1, 0.15) is 7.11 Å². The van der Waals surface area contributed by atoms with Gasteiger partial charge in [0.05, 0.1) is 5.92 Å². The van der Waals surface area contributed by atoms with E-state index in [4.69, 9.17) is 5.11 Å². The van der Waals surface area contributed by atoms with E-state index in [0.717, 1.165) is 5.56 Å². The molecule has 1 aromatic carbocycles. The number of hydrogen-bond acceptors (Lipinski definition) is 3. The fourth-order valence-corrected chi connectivity index (χ4v) is 1.83. The fourth-order valence-electron chi connectivity index (χ4n) is 1.32. The summed E-state index contributed by atoms with van der Waals surface area (Å²) in [6.07, 6.45) is 0. The van der Waals surface area contributed by atoms with E-state index in [-0.39, 0.29) is 0 Å². The Kier molecular flexibility index (Phi) is 4.49. The fraction of sp³-hybridized carbons (Fsp3) is 0.273. The summed E-state index contributed by atoms with van der Waals surface area (Å²) >= 11 is 3.25. The molecule has 0 aliphatic rings. The van der Waals surface area contributed by atoms with Gasteiger partial charge in [-0.2, -0.15) is 0 Å². The maximum Gasteiger partial charge on any atom is 0.310 e. The number of nitrogens with zero attached hydrogens (tertiary/aromatic N) is 1. The molecule has 0 spiro atoms. The van der Waals surface area contributed by atoms with Gasteiger partial charge in [-0.25, -0.2) is 0 Å². The van der Waals surface area contributed by atoms with E-state index in [1.165, 1.54) is 7.11 Å². The molecule has 0 aliphatic carbocycles. The molecule has 1 N–H and O–H groups in total. The third-order valence-electron chi connectivity index (χ3n) is 2.19. The number of oxime groups is 1. The minimum absolute atomic E-state index is 0.485. The molecule has 0 amide bonds. The Labute approximate surface area is 102 Å². The van der Waals surface area contributed by atoms with Crippen molar-refractivity contribution < 1.29 is 14.7 Å². The summed E-state index contributed by atoms with van der Waals surface area (Å²) in [6.45, 7) is 1.63. The summed E-state index contributed by atoms with van der Waals surface area (Å²) in [5.74, 6) is -1.46.